The minimum Gasteiger partial charge on any atom is -0.480 e. The summed E-state index contributed by atoms with van der Waals surface area (Å²) in [5.41, 5.74) is 1.80. The number of aryl methyl sites for hydroxylation is 1. The van der Waals surface area contributed by atoms with Crippen LogP contribution in [0.15, 0.2) is 65.7 Å². The highest BCUT2D eigenvalue weighted by atomic mass is 19.4. The number of nitrogens with zero attached hydrogens (tertiary/aromatic N) is 4. The average Bonchev–Trinajstić information content (AvgIpc) is 3.25. The summed E-state index contributed by atoms with van der Waals surface area (Å²) in [5, 5.41) is 15.2. The van der Waals surface area contributed by atoms with Crippen LogP contribution in [0, 0.1) is 6.92 Å². The summed E-state index contributed by atoms with van der Waals surface area (Å²) in [7, 11) is 1.51. The average molecular weight is 541 g/mol. The van der Waals surface area contributed by atoms with Gasteiger partial charge in [-0.25, -0.2) is 15.0 Å². The van der Waals surface area contributed by atoms with E-state index in [-0.39, 0.29) is 23.8 Å². The number of carbonyl (C=O) groups is 1. The van der Waals surface area contributed by atoms with E-state index < -0.39 is 23.8 Å². The number of methoxy groups -OCH3 is 1. The molecule has 3 aromatic rings. The van der Waals surface area contributed by atoms with Crippen molar-refractivity contribution in [3.8, 4) is 11.1 Å². The molecule has 0 bridgehead atoms. The number of halogens is 3. The van der Waals surface area contributed by atoms with E-state index in [0.29, 0.717) is 29.5 Å². The van der Waals surface area contributed by atoms with Crippen LogP contribution in [0.1, 0.15) is 30.2 Å². The molecule has 2 atom stereocenters. The van der Waals surface area contributed by atoms with Crippen LogP contribution in [-0.2, 0) is 22.1 Å². The molecule has 0 fully saturated rings. The smallest absolute Gasteiger partial charge is 0.418 e. The van der Waals surface area contributed by atoms with E-state index in [1.165, 1.54) is 20.2 Å². The molecular weight excluding hydrogens is 513 g/mol. The van der Waals surface area contributed by atoms with Crippen LogP contribution in [0.5, 0.6) is 0 Å². The van der Waals surface area contributed by atoms with Gasteiger partial charge >= 0.3 is 6.18 Å². The maximum absolute atomic E-state index is 13.1. The number of aromatic nitrogens is 3. The van der Waals surface area contributed by atoms with E-state index in [2.05, 4.69) is 30.6 Å². The van der Waals surface area contributed by atoms with E-state index in [9.17, 15) is 23.1 Å². The van der Waals surface area contributed by atoms with Crippen molar-refractivity contribution in [3.05, 3.63) is 77.5 Å². The summed E-state index contributed by atoms with van der Waals surface area (Å²) in [6.45, 7) is 2.96. The van der Waals surface area contributed by atoms with Gasteiger partial charge in [-0.3, -0.25) is 9.78 Å². The lowest BCUT2D eigenvalue weighted by Crippen LogP contribution is -2.16. The number of aliphatic hydroxyl groups excluding tert-OH is 1. The van der Waals surface area contributed by atoms with E-state index in [1.54, 1.807) is 43.6 Å². The normalized spacial score (nSPS) is 15.8. The number of amides is 1. The van der Waals surface area contributed by atoms with E-state index in [4.69, 9.17) is 4.74 Å². The van der Waals surface area contributed by atoms with Gasteiger partial charge in [-0.05, 0) is 43.5 Å². The van der Waals surface area contributed by atoms with Gasteiger partial charge in [0.2, 0.25) is 17.8 Å². The maximum atomic E-state index is 13.1. The first-order valence-corrected chi connectivity index (χ1v) is 12.1. The van der Waals surface area contributed by atoms with Gasteiger partial charge in [0.25, 0.3) is 0 Å². The molecule has 1 amide bonds. The zero-order valence-corrected chi connectivity index (χ0v) is 21.5. The number of hydrogen-bond donors (Lipinski definition) is 3. The minimum absolute atomic E-state index is 0.0175. The Balaban J connectivity index is 1.36. The number of carbonyl (C=O) groups excluding carboxylic acids is 1. The van der Waals surface area contributed by atoms with Crippen LogP contribution in [0.3, 0.4) is 0 Å². The fourth-order valence-electron chi connectivity index (χ4n) is 4.01. The number of ether oxygens (including phenoxy) is 1. The Morgan fingerprint density at radius 1 is 1.10 bits per heavy atom. The highest BCUT2D eigenvalue weighted by Crippen LogP contribution is 2.32. The van der Waals surface area contributed by atoms with Gasteiger partial charge < -0.3 is 20.5 Å². The Morgan fingerprint density at radius 2 is 1.79 bits per heavy atom. The maximum Gasteiger partial charge on any atom is 0.418 e. The molecule has 12 heteroatoms. The van der Waals surface area contributed by atoms with Crippen molar-refractivity contribution in [2.45, 2.75) is 45.0 Å². The van der Waals surface area contributed by atoms with Gasteiger partial charge in [0, 0.05) is 23.7 Å². The van der Waals surface area contributed by atoms with Crippen LogP contribution in [0.4, 0.5) is 24.8 Å². The molecule has 1 aliphatic heterocycles. The summed E-state index contributed by atoms with van der Waals surface area (Å²) < 4.78 is 44.6. The molecule has 4 rings (SSSR count). The number of pyridine rings is 1. The van der Waals surface area contributed by atoms with Gasteiger partial charge in [-0.2, -0.15) is 13.2 Å². The quantitative estimate of drug-likeness (QED) is 0.384. The zero-order valence-electron chi connectivity index (χ0n) is 21.5. The molecule has 0 spiro atoms. The largest absolute Gasteiger partial charge is 0.480 e. The van der Waals surface area contributed by atoms with E-state index >= 15 is 0 Å². The second-order valence-electron chi connectivity index (χ2n) is 9.07. The first-order chi connectivity index (χ1) is 18.5. The molecule has 204 valence electrons. The lowest BCUT2D eigenvalue weighted by atomic mass is 10.0. The first kappa shape index (κ1) is 27.7. The third-order valence-electron chi connectivity index (χ3n) is 5.87. The van der Waals surface area contributed by atoms with E-state index in [0.717, 1.165) is 17.2 Å². The lowest BCUT2D eigenvalue weighted by Gasteiger charge is -2.12. The number of alkyl halides is 3. The van der Waals surface area contributed by atoms with Gasteiger partial charge in [0.1, 0.15) is 5.70 Å². The van der Waals surface area contributed by atoms with Gasteiger partial charge in [0.05, 0.1) is 43.1 Å². The van der Waals surface area contributed by atoms with E-state index in [1.807, 2.05) is 6.08 Å². The molecule has 3 heterocycles. The zero-order chi connectivity index (χ0) is 28.2. The molecule has 2 aromatic heterocycles. The second kappa shape index (κ2) is 11.6. The third kappa shape index (κ3) is 7.17. The molecule has 3 N–H and O–H groups in total. The van der Waals surface area contributed by atoms with Gasteiger partial charge in [-0.1, -0.05) is 24.3 Å². The van der Waals surface area contributed by atoms with Gasteiger partial charge in [-0.15, -0.1) is 0 Å². The summed E-state index contributed by atoms with van der Waals surface area (Å²) in [6, 6.07) is 7.79. The highest BCUT2D eigenvalue weighted by molar-refractivity contribution is 5.98. The van der Waals surface area contributed by atoms with Crippen LogP contribution in [-0.4, -0.2) is 51.1 Å². The van der Waals surface area contributed by atoms with Crippen molar-refractivity contribution in [2.24, 2.45) is 4.99 Å². The SMILES string of the molecule is COC1=NC(C[C@H](C)O)C=C1Nc1ncc(-c2ccc(CC(=O)Nc3cnc(C)c(C(F)(F)F)c3)cc2)cn1. The molecule has 9 nitrogen and oxygen atoms in total. The molecule has 0 saturated heterocycles. The summed E-state index contributed by atoms with van der Waals surface area (Å²) in [6.07, 6.45) is 1.73. The molecule has 39 heavy (non-hydrogen) atoms. The minimum atomic E-state index is -4.55. The van der Waals surface area contributed by atoms with Crippen molar-refractivity contribution >= 4 is 23.4 Å². The fourth-order valence-corrected chi connectivity index (χ4v) is 4.01. The molecule has 1 aromatic carbocycles. The fraction of sp³-hybridized carbons (Fsp3) is 0.296. The van der Waals surface area contributed by atoms with Crippen LogP contribution < -0.4 is 10.6 Å². The Hall–Kier alpha value is -4.32. The standard InChI is InChI=1S/C27H27F3N6O3/c1-15(37)8-20-11-23(25(35-20)39-3)36-26-32-12-19(13-33-26)18-6-4-17(5-7-18)9-24(38)34-21-10-22(27(28,29)30)16(2)31-14-21/h4-7,10-15,20,37H,8-9H2,1-3H3,(H,34,38)(H,32,33,36)/t15-,20?/m0/s1. The second-order valence-corrected chi connectivity index (χ2v) is 9.07. The topological polar surface area (TPSA) is 122 Å². The van der Waals surface area contributed by atoms with Crippen molar-refractivity contribution in [1.29, 1.82) is 0 Å². The van der Waals surface area contributed by atoms with Crippen molar-refractivity contribution in [1.82, 2.24) is 15.0 Å². The van der Waals surface area contributed by atoms with Crippen LogP contribution in [0.25, 0.3) is 11.1 Å². The van der Waals surface area contributed by atoms with Gasteiger partial charge in [0.15, 0.2) is 0 Å². The van der Waals surface area contributed by atoms with Crippen molar-refractivity contribution in [3.63, 3.8) is 0 Å². The number of rotatable bonds is 8. The summed E-state index contributed by atoms with van der Waals surface area (Å²) in [5.74, 6) is 0.295. The Morgan fingerprint density at radius 3 is 2.41 bits per heavy atom. The molecule has 0 aliphatic carbocycles. The number of aliphatic imine (C=N–C) groups is 1. The predicted molar refractivity (Wildman–Crippen MR) is 140 cm³/mol. The Bertz CT molecular complexity index is 1390. The lowest BCUT2D eigenvalue weighted by molar-refractivity contribution is -0.138. The molecule has 0 radical (unpaired) electrons. The summed E-state index contributed by atoms with van der Waals surface area (Å²) >= 11 is 0. The highest BCUT2D eigenvalue weighted by Gasteiger charge is 2.33. The Kier molecular flexibility index (Phi) is 8.24. The Labute approximate surface area is 222 Å². The number of hydrogen-bond acceptors (Lipinski definition) is 8. The third-order valence-corrected chi connectivity index (χ3v) is 5.87. The molecule has 1 unspecified atom stereocenters. The number of anilines is 2. The van der Waals surface area contributed by atoms with Crippen LogP contribution in [0.2, 0.25) is 0 Å². The molecule has 1 aliphatic rings. The van der Waals surface area contributed by atoms with Crippen molar-refractivity contribution in [2.75, 3.05) is 17.7 Å². The first-order valence-electron chi connectivity index (χ1n) is 12.1. The molecule has 0 saturated carbocycles. The summed E-state index contributed by atoms with van der Waals surface area (Å²) in [4.78, 5) is 29.2. The number of nitrogens with one attached hydrogen (secondary N) is 2. The monoisotopic (exact) mass is 540 g/mol. The number of benzene rings is 1. The predicted octanol–water partition coefficient (Wildman–Crippen LogP) is 4.54. The van der Waals surface area contributed by atoms with Crippen LogP contribution >= 0.6 is 0 Å². The molecular formula is C27H27F3N6O3. The number of aliphatic hydroxyl groups is 1. The van der Waals surface area contributed by atoms with Crippen molar-refractivity contribution < 1.29 is 27.8 Å².